The second-order valence-corrected chi connectivity index (χ2v) is 8.40. The van der Waals surface area contributed by atoms with Crippen LogP contribution in [0.15, 0.2) is 35.1 Å². The minimum absolute atomic E-state index is 0.141. The maximum atomic E-state index is 13.0. The van der Waals surface area contributed by atoms with Crippen molar-refractivity contribution < 1.29 is 14.6 Å². The molecule has 29 heavy (non-hydrogen) atoms. The van der Waals surface area contributed by atoms with E-state index in [0.29, 0.717) is 28.1 Å². The van der Waals surface area contributed by atoms with E-state index < -0.39 is 5.97 Å². The normalized spacial score (nSPS) is 15.6. The van der Waals surface area contributed by atoms with Gasteiger partial charge in [-0.3, -0.25) is 9.36 Å². The zero-order valence-corrected chi connectivity index (χ0v) is 17.4. The van der Waals surface area contributed by atoms with Crippen LogP contribution in [0.5, 0.6) is 5.75 Å². The molecule has 3 aromatic rings. The van der Waals surface area contributed by atoms with Crippen molar-refractivity contribution in [2.75, 3.05) is 7.11 Å². The van der Waals surface area contributed by atoms with Crippen LogP contribution >= 0.6 is 11.3 Å². The van der Waals surface area contributed by atoms with Gasteiger partial charge in [-0.25, -0.2) is 9.78 Å². The lowest BCUT2D eigenvalue weighted by molar-refractivity contribution is 0.0701. The highest BCUT2D eigenvalue weighted by atomic mass is 32.1. The van der Waals surface area contributed by atoms with Gasteiger partial charge in [-0.15, -0.1) is 11.3 Å². The molecule has 1 aromatic carbocycles. The second-order valence-electron chi connectivity index (χ2n) is 7.41. The summed E-state index contributed by atoms with van der Waals surface area (Å²) in [6.07, 6.45) is 3.82. The van der Waals surface area contributed by atoms with Crippen LogP contribution in [-0.2, 0) is 13.0 Å². The number of aromatic carboxylic acids is 1. The summed E-state index contributed by atoms with van der Waals surface area (Å²) >= 11 is 1.08. The van der Waals surface area contributed by atoms with Crippen LogP contribution in [0.4, 0.5) is 0 Å². The zero-order chi connectivity index (χ0) is 20.7. The van der Waals surface area contributed by atoms with E-state index in [1.807, 2.05) is 12.1 Å². The summed E-state index contributed by atoms with van der Waals surface area (Å²) in [5.74, 6) is 0.766. The Bertz CT molecular complexity index is 1190. The quantitative estimate of drug-likeness (QED) is 0.684. The van der Waals surface area contributed by atoms with E-state index in [2.05, 4.69) is 30.1 Å². The lowest BCUT2D eigenvalue weighted by Crippen LogP contribution is -2.20. The number of benzene rings is 1. The number of hydrogen-bond acceptors (Lipinski definition) is 5. The fourth-order valence-corrected chi connectivity index (χ4v) is 4.92. The molecule has 0 saturated carbocycles. The number of carbonyl (C=O) groups is 1. The summed E-state index contributed by atoms with van der Waals surface area (Å²) in [5.41, 5.74) is 2.63. The molecule has 0 fully saturated rings. The predicted molar refractivity (Wildman–Crippen MR) is 114 cm³/mol. The maximum Gasteiger partial charge on any atom is 0.346 e. The fourth-order valence-electron chi connectivity index (χ4n) is 3.91. The highest BCUT2D eigenvalue weighted by Crippen LogP contribution is 2.32. The first kappa shape index (κ1) is 19.4. The Labute approximate surface area is 172 Å². The van der Waals surface area contributed by atoms with Crippen molar-refractivity contribution in [2.24, 2.45) is 5.92 Å². The molecule has 4 rings (SSSR count). The Morgan fingerprint density at radius 2 is 2.10 bits per heavy atom. The lowest BCUT2D eigenvalue weighted by Gasteiger charge is -2.09. The molecule has 0 bridgehead atoms. The van der Waals surface area contributed by atoms with Crippen LogP contribution in [0, 0.1) is 12.8 Å². The average molecular weight is 410 g/mol. The third kappa shape index (κ3) is 3.46. The SMILES string of the molecule is COc1ccc(CC(C)C=C2CCn3c2nc2sc(C(=O)O)c(C)c2c3=O)cc1. The van der Waals surface area contributed by atoms with Crippen molar-refractivity contribution in [3.8, 4) is 5.75 Å². The summed E-state index contributed by atoms with van der Waals surface area (Å²) in [5, 5.41) is 9.80. The number of allylic oxidation sites excluding steroid dienone is 2. The molecule has 2 aromatic heterocycles. The number of aromatic nitrogens is 2. The van der Waals surface area contributed by atoms with Crippen molar-refractivity contribution in [1.82, 2.24) is 9.55 Å². The van der Waals surface area contributed by atoms with Gasteiger partial charge in [0.05, 0.1) is 12.5 Å². The van der Waals surface area contributed by atoms with Gasteiger partial charge in [0.2, 0.25) is 0 Å². The molecule has 0 spiro atoms. The van der Waals surface area contributed by atoms with Gasteiger partial charge in [0.25, 0.3) is 5.56 Å². The third-order valence-corrected chi connectivity index (χ3v) is 6.51. The van der Waals surface area contributed by atoms with Gasteiger partial charge in [0, 0.05) is 6.54 Å². The van der Waals surface area contributed by atoms with Crippen LogP contribution in [0.1, 0.15) is 40.0 Å². The molecule has 0 aliphatic carbocycles. The molecular formula is C22H22N2O4S. The number of methoxy groups -OCH3 is 1. The molecule has 1 aliphatic rings. The Hall–Kier alpha value is -2.93. The zero-order valence-electron chi connectivity index (χ0n) is 16.6. The Balaban J connectivity index is 1.67. The number of ether oxygens (including phenoxy) is 1. The van der Waals surface area contributed by atoms with Crippen LogP contribution in [-0.4, -0.2) is 27.7 Å². The molecule has 6 nitrogen and oxygen atoms in total. The fraction of sp³-hybridized carbons (Fsp3) is 0.318. The smallest absolute Gasteiger partial charge is 0.346 e. The summed E-state index contributed by atoms with van der Waals surface area (Å²) < 4.78 is 6.88. The molecule has 150 valence electrons. The predicted octanol–water partition coefficient (Wildman–Crippen LogP) is 4.14. The van der Waals surface area contributed by atoms with Crippen molar-refractivity contribution in [1.29, 1.82) is 0 Å². The van der Waals surface area contributed by atoms with Gasteiger partial charge in [-0.05, 0) is 54.5 Å². The Morgan fingerprint density at radius 1 is 1.38 bits per heavy atom. The summed E-state index contributed by atoms with van der Waals surface area (Å²) in [7, 11) is 1.65. The number of thiophene rings is 1. The van der Waals surface area contributed by atoms with E-state index in [-0.39, 0.29) is 16.4 Å². The molecule has 7 heteroatoms. The number of carboxylic acids is 1. The summed E-state index contributed by atoms with van der Waals surface area (Å²) in [4.78, 5) is 29.8. The largest absolute Gasteiger partial charge is 0.497 e. The first-order valence-electron chi connectivity index (χ1n) is 9.50. The Kier molecular flexibility index (Phi) is 5.00. The van der Waals surface area contributed by atoms with E-state index in [1.165, 1.54) is 5.56 Å². The van der Waals surface area contributed by atoms with Crippen LogP contribution < -0.4 is 10.3 Å². The van der Waals surface area contributed by atoms with Crippen LogP contribution in [0.2, 0.25) is 0 Å². The van der Waals surface area contributed by atoms with E-state index in [9.17, 15) is 14.7 Å². The average Bonchev–Trinajstić information content (AvgIpc) is 3.24. The first-order valence-corrected chi connectivity index (χ1v) is 10.3. The highest BCUT2D eigenvalue weighted by Gasteiger charge is 2.25. The van der Waals surface area contributed by atoms with E-state index in [0.717, 1.165) is 35.5 Å². The number of aryl methyl sites for hydroxylation is 1. The Morgan fingerprint density at radius 3 is 2.76 bits per heavy atom. The van der Waals surface area contributed by atoms with E-state index >= 15 is 0 Å². The molecule has 1 atom stereocenters. The molecule has 1 unspecified atom stereocenters. The van der Waals surface area contributed by atoms with Gasteiger partial charge < -0.3 is 9.84 Å². The standard InChI is InChI=1S/C22H22N2O4S/c1-12(10-14-4-6-16(28-3)7-5-14)11-15-8-9-24-19(15)23-20-17(21(24)25)13(2)18(29-20)22(26)27/h4-7,11-12H,8-10H2,1-3H3,(H,26,27). The number of hydrogen-bond donors (Lipinski definition) is 1. The maximum absolute atomic E-state index is 13.0. The van der Waals surface area contributed by atoms with Gasteiger partial charge >= 0.3 is 5.97 Å². The van der Waals surface area contributed by atoms with Crippen molar-refractivity contribution in [3.05, 3.63) is 62.5 Å². The van der Waals surface area contributed by atoms with Gasteiger partial charge in [0.15, 0.2) is 0 Å². The second kappa shape index (κ2) is 7.48. The molecule has 3 heterocycles. The monoisotopic (exact) mass is 410 g/mol. The number of carboxylic acid groups (broad SMARTS) is 1. The van der Waals surface area contributed by atoms with Crippen molar-refractivity contribution >= 4 is 33.1 Å². The molecule has 0 saturated heterocycles. The molecule has 0 amide bonds. The van der Waals surface area contributed by atoms with Gasteiger partial charge in [-0.2, -0.15) is 0 Å². The van der Waals surface area contributed by atoms with E-state index in [1.54, 1.807) is 18.6 Å². The van der Waals surface area contributed by atoms with Gasteiger partial charge in [-0.1, -0.05) is 25.1 Å². The summed E-state index contributed by atoms with van der Waals surface area (Å²) in [6.45, 7) is 4.41. The summed E-state index contributed by atoms with van der Waals surface area (Å²) in [6, 6.07) is 8.03. The van der Waals surface area contributed by atoms with Gasteiger partial charge in [0.1, 0.15) is 21.3 Å². The van der Waals surface area contributed by atoms with Crippen LogP contribution in [0.25, 0.3) is 15.8 Å². The molecule has 1 N–H and O–H groups in total. The topological polar surface area (TPSA) is 81.4 Å². The molecule has 0 radical (unpaired) electrons. The molecule has 1 aliphatic heterocycles. The lowest BCUT2D eigenvalue weighted by atomic mass is 9.98. The van der Waals surface area contributed by atoms with Crippen molar-refractivity contribution in [2.45, 2.75) is 33.2 Å². The number of rotatable bonds is 5. The third-order valence-electron chi connectivity index (χ3n) is 5.34. The minimum Gasteiger partial charge on any atom is -0.497 e. The minimum atomic E-state index is -1.01. The highest BCUT2D eigenvalue weighted by molar-refractivity contribution is 7.20. The first-order chi connectivity index (χ1) is 13.9. The van der Waals surface area contributed by atoms with E-state index in [4.69, 9.17) is 4.74 Å². The van der Waals surface area contributed by atoms with Crippen molar-refractivity contribution in [3.63, 3.8) is 0 Å². The number of nitrogens with zero attached hydrogens (tertiary/aromatic N) is 2. The van der Waals surface area contributed by atoms with Crippen LogP contribution in [0.3, 0.4) is 0 Å². The number of fused-ring (bicyclic) bond motifs is 2. The molecular weight excluding hydrogens is 388 g/mol.